The molecule has 2 aromatic rings. The molecule has 0 unspecified atom stereocenters. The maximum absolute atomic E-state index is 13.1. The van der Waals surface area contributed by atoms with Gasteiger partial charge >= 0.3 is 0 Å². The van der Waals surface area contributed by atoms with Gasteiger partial charge in [0.05, 0.1) is 10.5 Å². The molecule has 0 spiro atoms. The Bertz CT molecular complexity index is 1330. The van der Waals surface area contributed by atoms with E-state index in [-0.39, 0.29) is 54.3 Å². The van der Waals surface area contributed by atoms with Crippen LogP contribution in [-0.2, 0) is 16.1 Å². The first-order valence-corrected chi connectivity index (χ1v) is 12.3. The topological polar surface area (TPSA) is 113 Å². The fourth-order valence-corrected chi connectivity index (χ4v) is 5.09. The van der Waals surface area contributed by atoms with E-state index in [9.17, 15) is 29.1 Å². The number of thioether (sulfide) groups is 1. The number of aromatic hydroxyl groups is 1. The van der Waals surface area contributed by atoms with Gasteiger partial charge in [-0.2, -0.15) is 5.26 Å². The lowest BCUT2D eigenvalue weighted by Crippen LogP contribution is -2.30. The summed E-state index contributed by atoms with van der Waals surface area (Å²) in [7, 11) is 1.50. The molecule has 11 heteroatoms. The highest BCUT2D eigenvalue weighted by Crippen LogP contribution is 2.33. The molecule has 0 bridgehead atoms. The molecular formula is C25H24FN3O5S2. The Hall–Kier alpha value is -3.33. The van der Waals surface area contributed by atoms with Crippen LogP contribution in [0.15, 0.2) is 34.0 Å². The van der Waals surface area contributed by atoms with Crippen molar-refractivity contribution in [3.05, 3.63) is 67.6 Å². The molecule has 1 aliphatic rings. The van der Waals surface area contributed by atoms with Crippen LogP contribution in [0.3, 0.4) is 0 Å². The molecule has 188 valence electrons. The standard InChI is InChI=1S/C25H24FN3O5S2/c1-15-18(14-27)22(31)28(11-4-12-34-2)24(33)21(15)19(30)5-3-10-29-23(32)20(36-25(29)35)13-16-6-8-17(26)9-7-16/h6-9,13,33H,3-5,10-12H2,1-2H3/b20-13-. The van der Waals surface area contributed by atoms with Crippen molar-refractivity contribution in [2.45, 2.75) is 32.7 Å². The molecule has 1 N–H and O–H groups in total. The summed E-state index contributed by atoms with van der Waals surface area (Å²) in [6.07, 6.45) is 2.25. The van der Waals surface area contributed by atoms with Crippen molar-refractivity contribution < 1.29 is 23.8 Å². The van der Waals surface area contributed by atoms with Crippen molar-refractivity contribution in [1.29, 1.82) is 5.26 Å². The van der Waals surface area contributed by atoms with Gasteiger partial charge in [0.1, 0.15) is 21.8 Å². The number of methoxy groups -OCH3 is 1. The summed E-state index contributed by atoms with van der Waals surface area (Å²) in [5.74, 6) is -1.61. The first-order chi connectivity index (χ1) is 17.2. The number of hydrogen-bond acceptors (Lipinski definition) is 8. The number of benzene rings is 1. The molecule has 0 saturated carbocycles. The van der Waals surface area contributed by atoms with E-state index in [1.54, 1.807) is 18.2 Å². The molecule has 8 nitrogen and oxygen atoms in total. The van der Waals surface area contributed by atoms with Gasteiger partial charge in [-0.25, -0.2) is 4.39 Å². The number of ether oxygens (including phenoxy) is 1. The lowest BCUT2D eigenvalue weighted by atomic mass is 9.99. The van der Waals surface area contributed by atoms with E-state index in [1.807, 2.05) is 6.07 Å². The number of nitrogens with zero attached hydrogens (tertiary/aromatic N) is 3. The number of rotatable bonds is 10. The summed E-state index contributed by atoms with van der Waals surface area (Å²) in [6, 6.07) is 7.54. The minimum atomic E-state index is -0.661. The summed E-state index contributed by atoms with van der Waals surface area (Å²) >= 11 is 6.44. The zero-order valence-corrected chi connectivity index (χ0v) is 21.4. The SMILES string of the molecule is COCCCn1c(O)c(C(=O)CCCN2C(=O)/C(=C/c3ccc(F)cc3)SC2=S)c(C)c(C#N)c1=O. The number of amides is 1. The number of thiocarbonyl (C=S) groups is 1. The highest BCUT2D eigenvalue weighted by Gasteiger charge is 2.32. The van der Waals surface area contributed by atoms with Gasteiger partial charge in [0.15, 0.2) is 5.78 Å². The van der Waals surface area contributed by atoms with Crippen LogP contribution in [0.25, 0.3) is 6.08 Å². The van der Waals surface area contributed by atoms with E-state index in [1.165, 1.54) is 31.1 Å². The number of aromatic nitrogens is 1. The Morgan fingerprint density at radius 2 is 1.94 bits per heavy atom. The number of nitriles is 1. The van der Waals surface area contributed by atoms with E-state index in [0.29, 0.717) is 27.8 Å². The van der Waals surface area contributed by atoms with Gasteiger partial charge in [-0.15, -0.1) is 0 Å². The quantitative estimate of drug-likeness (QED) is 0.214. The number of carbonyl (C=O) groups is 2. The van der Waals surface area contributed by atoms with E-state index in [2.05, 4.69) is 0 Å². The van der Waals surface area contributed by atoms with Crippen LogP contribution >= 0.6 is 24.0 Å². The van der Waals surface area contributed by atoms with Crippen LogP contribution in [0, 0.1) is 24.1 Å². The van der Waals surface area contributed by atoms with Crippen LogP contribution in [-0.4, -0.2) is 50.8 Å². The Morgan fingerprint density at radius 3 is 2.58 bits per heavy atom. The van der Waals surface area contributed by atoms with E-state index < -0.39 is 17.2 Å². The molecule has 1 aromatic heterocycles. The van der Waals surface area contributed by atoms with Gasteiger partial charge < -0.3 is 9.84 Å². The first-order valence-electron chi connectivity index (χ1n) is 11.1. The second-order valence-corrected chi connectivity index (χ2v) is 9.70. The monoisotopic (exact) mass is 529 g/mol. The predicted molar refractivity (Wildman–Crippen MR) is 138 cm³/mol. The zero-order valence-electron chi connectivity index (χ0n) is 19.7. The molecule has 1 aliphatic heterocycles. The summed E-state index contributed by atoms with van der Waals surface area (Å²) in [5, 5.41) is 20.1. The molecule has 0 radical (unpaired) electrons. The van der Waals surface area contributed by atoms with Crippen molar-refractivity contribution in [2.24, 2.45) is 0 Å². The Morgan fingerprint density at radius 1 is 1.25 bits per heavy atom. The number of ketones is 1. The third-order valence-corrected chi connectivity index (χ3v) is 7.01. The van der Waals surface area contributed by atoms with Crippen LogP contribution in [0.4, 0.5) is 4.39 Å². The average molecular weight is 530 g/mol. The highest BCUT2D eigenvalue weighted by molar-refractivity contribution is 8.26. The number of carbonyl (C=O) groups excluding carboxylic acids is 2. The van der Waals surface area contributed by atoms with Gasteiger partial charge in [0, 0.05) is 33.2 Å². The molecular weight excluding hydrogens is 505 g/mol. The van der Waals surface area contributed by atoms with Crippen LogP contribution in [0.2, 0.25) is 0 Å². The van der Waals surface area contributed by atoms with Crippen LogP contribution in [0.5, 0.6) is 5.88 Å². The van der Waals surface area contributed by atoms with Crippen molar-refractivity contribution in [3.8, 4) is 11.9 Å². The average Bonchev–Trinajstić information content (AvgIpc) is 3.10. The maximum Gasteiger partial charge on any atom is 0.271 e. The first kappa shape index (κ1) is 27.3. The second-order valence-electron chi connectivity index (χ2n) is 8.03. The molecule has 36 heavy (non-hydrogen) atoms. The second kappa shape index (κ2) is 12.1. The lowest BCUT2D eigenvalue weighted by molar-refractivity contribution is -0.122. The number of hydrogen-bond donors (Lipinski definition) is 1. The minimum absolute atomic E-state index is 0.0381. The van der Waals surface area contributed by atoms with E-state index in [4.69, 9.17) is 17.0 Å². The van der Waals surface area contributed by atoms with Crippen molar-refractivity contribution in [1.82, 2.24) is 9.47 Å². The fraction of sp³-hybridized carbons (Fsp3) is 0.320. The smallest absolute Gasteiger partial charge is 0.271 e. The highest BCUT2D eigenvalue weighted by atomic mass is 32.2. The molecule has 1 amide bonds. The van der Waals surface area contributed by atoms with Crippen molar-refractivity contribution >= 4 is 46.1 Å². The number of Topliss-reactive ketones (excluding diaryl/α,β-unsaturated/α-hetero) is 1. The third kappa shape index (κ3) is 5.90. The fourth-order valence-electron chi connectivity index (χ4n) is 3.79. The molecule has 2 heterocycles. The van der Waals surface area contributed by atoms with Crippen molar-refractivity contribution in [3.63, 3.8) is 0 Å². The molecule has 1 aromatic carbocycles. The molecule has 1 fully saturated rings. The summed E-state index contributed by atoms with van der Waals surface area (Å²) in [6.45, 7) is 2.05. The minimum Gasteiger partial charge on any atom is -0.494 e. The lowest BCUT2D eigenvalue weighted by Gasteiger charge is -2.16. The van der Waals surface area contributed by atoms with Crippen molar-refractivity contribution in [2.75, 3.05) is 20.3 Å². The molecule has 0 atom stereocenters. The molecule has 1 saturated heterocycles. The van der Waals surface area contributed by atoms with Crippen LogP contribution in [0.1, 0.15) is 46.3 Å². The molecule has 0 aliphatic carbocycles. The largest absolute Gasteiger partial charge is 0.494 e. The summed E-state index contributed by atoms with van der Waals surface area (Å²) in [5.41, 5.74) is -0.153. The zero-order chi connectivity index (χ0) is 26.4. The maximum atomic E-state index is 13.1. The summed E-state index contributed by atoms with van der Waals surface area (Å²) < 4.78 is 19.5. The Kier molecular flexibility index (Phi) is 9.14. The number of halogens is 1. The van der Waals surface area contributed by atoms with E-state index >= 15 is 0 Å². The number of pyridine rings is 1. The molecule has 3 rings (SSSR count). The third-order valence-electron chi connectivity index (χ3n) is 5.64. The Balaban J connectivity index is 1.72. The summed E-state index contributed by atoms with van der Waals surface area (Å²) in [4.78, 5) is 40.2. The Labute approximate surface area is 217 Å². The van der Waals surface area contributed by atoms with Gasteiger partial charge in [-0.3, -0.25) is 23.9 Å². The normalized spacial score (nSPS) is 14.5. The van der Waals surface area contributed by atoms with Gasteiger partial charge in [-0.1, -0.05) is 36.1 Å². The van der Waals surface area contributed by atoms with Crippen LogP contribution < -0.4 is 5.56 Å². The van der Waals surface area contributed by atoms with Gasteiger partial charge in [0.2, 0.25) is 5.88 Å². The van der Waals surface area contributed by atoms with Gasteiger partial charge in [0.25, 0.3) is 11.5 Å². The van der Waals surface area contributed by atoms with E-state index in [0.717, 1.165) is 16.3 Å². The predicted octanol–water partition coefficient (Wildman–Crippen LogP) is 3.77. The van der Waals surface area contributed by atoms with Gasteiger partial charge in [-0.05, 0) is 49.1 Å².